The summed E-state index contributed by atoms with van der Waals surface area (Å²) in [5.74, 6) is -0.988. The molecule has 1 N–H and O–H groups in total. The lowest BCUT2D eigenvalue weighted by Gasteiger charge is -2.06. The van der Waals surface area contributed by atoms with Crippen molar-refractivity contribution in [3.05, 3.63) is 80.0 Å². The molecule has 0 aliphatic carbocycles. The van der Waals surface area contributed by atoms with Crippen LogP contribution in [-0.4, -0.2) is 10.9 Å². The molecule has 0 aliphatic rings. The number of benzene rings is 2. The summed E-state index contributed by atoms with van der Waals surface area (Å²) in [4.78, 5) is 16.5. The summed E-state index contributed by atoms with van der Waals surface area (Å²) in [6.45, 7) is 0. The number of thiazole rings is 1. The van der Waals surface area contributed by atoms with Crippen molar-refractivity contribution in [1.82, 2.24) is 4.98 Å². The molecule has 1 heterocycles. The number of halogens is 3. The minimum atomic E-state index is -0.641. The van der Waals surface area contributed by atoms with Crippen molar-refractivity contribution in [2.75, 3.05) is 5.32 Å². The molecule has 0 spiro atoms. The second-order valence-electron chi connectivity index (χ2n) is 5.37. The number of carbonyl (C=O) groups excluding carboxylic acids is 1. The minimum absolute atomic E-state index is 0.0322. The predicted octanol–water partition coefficient (Wildman–Crippen LogP) is 5.36. The topological polar surface area (TPSA) is 42.0 Å². The van der Waals surface area contributed by atoms with E-state index < -0.39 is 5.82 Å². The number of hydrogen-bond acceptors (Lipinski definition) is 3. The molecule has 0 radical (unpaired) electrons. The first-order valence-electron chi connectivity index (χ1n) is 7.43. The van der Waals surface area contributed by atoms with Gasteiger partial charge in [0, 0.05) is 16.8 Å². The largest absolute Gasteiger partial charge is 0.323 e. The van der Waals surface area contributed by atoms with E-state index in [1.807, 2.05) is 29.6 Å². The maximum Gasteiger partial charge on any atom is 0.230 e. The van der Waals surface area contributed by atoms with Crippen LogP contribution < -0.4 is 5.32 Å². The van der Waals surface area contributed by atoms with E-state index in [0.717, 1.165) is 10.6 Å². The van der Waals surface area contributed by atoms with Crippen molar-refractivity contribution < 1.29 is 9.18 Å². The zero-order chi connectivity index (χ0) is 17.8. The fourth-order valence-electron chi connectivity index (χ4n) is 2.29. The van der Waals surface area contributed by atoms with Crippen LogP contribution in [0.2, 0.25) is 10.0 Å². The first-order valence-corrected chi connectivity index (χ1v) is 9.06. The van der Waals surface area contributed by atoms with Crippen molar-refractivity contribution in [3.63, 3.8) is 0 Å². The van der Waals surface area contributed by atoms with Gasteiger partial charge >= 0.3 is 0 Å². The molecule has 2 aromatic carbocycles. The number of nitrogens with zero attached hydrogens (tertiary/aromatic N) is 1. The van der Waals surface area contributed by atoms with Gasteiger partial charge < -0.3 is 5.32 Å². The van der Waals surface area contributed by atoms with Gasteiger partial charge in [-0.3, -0.25) is 4.79 Å². The standard InChI is InChI=1S/C18H13Cl2FN2OS/c19-12-4-1-3-11(7-12)8-17-22-13(10-25-17)9-16(24)23-15-6-2-5-14(20)18(15)21/h1-7,10H,8-9H2,(H,23,24). The van der Waals surface area contributed by atoms with E-state index in [9.17, 15) is 9.18 Å². The zero-order valence-electron chi connectivity index (χ0n) is 12.9. The molecule has 0 saturated carbocycles. The third-order valence-electron chi connectivity index (χ3n) is 3.41. The highest BCUT2D eigenvalue weighted by Crippen LogP contribution is 2.22. The average Bonchev–Trinajstić information content (AvgIpc) is 2.98. The van der Waals surface area contributed by atoms with Gasteiger partial charge in [0.25, 0.3) is 0 Å². The molecule has 0 saturated heterocycles. The van der Waals surface area contributed by atoms with Crippen molar-refractivity contribution in [2.24, 2.45) is 0 Å². The van der Waals surface area contributed by atoms with Crippen molar-refractivity contribution >= 4 is 46.1 Å². The zero-order valence-corrected chi connectivity index (χ0v) is 15.3. The predicted molar refractivity (Wildman–Crippen MR) is 100 cm³/mol. The van der Waals surface area contributed by atoms with Crippen LogP contribution in [0.1, 0.15) is 16.3 Å². The SMILES string of the molecule is O=C(Cc1csc(Cc2cccc(Cl)c2)n1)Nc1cccc(Cl)c1F. The summed E-state index contributed by atoms with van der Waals surface area (Å²) in [6, 6.07) is 12.0. The molecule has 1 amide bonds. The molecular formula is C18H13Cl2FN2OS. The molecule has 7 heteroatoms. The summed E-state index contributed by atoms with van der Waals surface area (Å²) in [6.07, 6.45) is 0.716. The summed E-state index contributed by atoms with van der Waals surface area (Å²) >= 11 is 13.2. The number of hydrogen-bond donors (Lipinski definition) is 1. The van der Waals surface area contributed by atoms with Crippen LogP contribution in [0.3, 0.4) is 0 Å². The third-order valence-corrected chi connectivity index (χ3v) is 4.84. The lowest BCUT2D eigenvalue weighted by Crippen LogP contribution is -2.15. The van der Waals surface area contributed by atoms with Crippen LogP contribution in [0, 0.1) is 5.82 Å². The molecule has 3 rings (SSSR count). The number of rotatable bonds is 5. The molecule has 0 aliphatic heterocycles. The molecule has 3 nitrogen and oxygen atoms in total. The van der Waals surface area contributed by atoms with Crippen LogP contribution >= 0.6 is 34.5 Å². The second kappa shape index (κ2) is 7.95. The fourth-order valence-corrected chi connectivity index (χ4v) is 3.51. The molecule has 0 unspecified atom stereocenters. The van der Waals surface area contributed by atoms with Crippen LogP contribution in [-0.2, 0) is 17.6 Å². The van der Waals surface area contributed by atoms with Gasteiger partial charge in [0.2, 0.25) is 5.91 Å². The van der Waals surface area contributed by atoms with E-state index in [-0.39, 0.29) is 23.0 Å². The van der Waals surface area contributed by atoms with Gasteiger partial charge in [-0.2, -0.15) is 0 Å². The Bertz CT molecular complexity index is 914. The Morgan fingerprint density at radius 3 is 2.80 bits per heavy atom. The Morgan fingerprint density at radius 1 is 1.20 bits per heavy atom. The first-order chi connectivity index (χ1) is 12.0. The lowest BCUT2D eigenvalue weighted by molar-refractivity contribution is -0.115. The average molecular weight is 395 g/mol. The van der Waals surface area contributed by atoms with Gasteiger partial charge in [0.05, 0.1) is 27.8 Å². The third kappa shape index (κ3) is 4.78. The van der Waals surface area contributed by atoms with Gasteiger partial charge in [-0.1, -0.05) is 41.4 Å². The van der Waals surface area contributed by atoms with Crippen LogP contribution in [0.4, 0.5) is 10.1 Å². The summed E-state index contributed by atoms with van der Waals surface area (Å²) < 4.78 is 13.8. The van der Waals surface area contributed by atoms with Gasteiger partial charge in [-0.25, -0.2) is 9.37 Å². The smallest absolute Gasteiger partial charge is 0.230 e. The number of nitrogens with one attached hydrogen (secondary N) is 1. The lowest BCUT2D eigenvalue weighted by atomic mass is 10.2. The Hall–Kier alpha value is -1.95. The minimum Gasteiger partial charge on any atom is -0.323 e. The molecule has 1 aromatic heterocycles. The summed E-state index contributed by atoms with van der Waals surface area (Å²) in [7, 11) is 0. The number of carbonyl (C=O) groups is 1. The molecule has 128 valence electrons. The van der Waals surface area contributed by atoms with Crippen molar-refractivity contribution in [3.8, 4) is 0 Å². The Balaban J connectivity index is 1.63. The Kier molecular flexibility index (Phi) is 5.68. The van der Waals surface area contributed by atoms with Crippen LogP contribution in [0.5, 0.6) is 0 Å². The molecule has 0 atom stereocenters. The monoisotopic (exact) mass is 394 g/mol. The molecular weight excluding hydrogens is 382 g/mol. The Labute approximate surface area is 158 Å². The van der Waals surface area contributed by atoms with E-state index in [1.54, 1.807) is 6.07 Å². The van der Waals surface area contributed by atoms with Crippen molar-refractivity contribution in [1.29, 1.82) is 0 Å². The quantitative estimate of drug-likeness (QED) is 0.632. The molecule has 3 aromatic rings. The number of aromatic nitrogens is 1. The first kappa shape index (κ1) is 17.9. The highest BCUT2D eigenvalue weighted by atomic mass is 35.5. The van der Waals surface area contributed by atoms with Gasteiger partial charge in [-0.15, -0.1) is 11.3 Å². The normalized spacial score (nSPS) is 10.7. The van der Waals surface area contributed by atoms with Crippen molar-refractivity contribution in [2.45, 2.75) is 12.8 Å². The summed E-state index contributed by atoms with van der Waals surface area (Å²) in [5.41, 5.74) is 1.76. The van der Waals surface area contributed by atoms with E-state index in [2.05, 4.69) is 10.3 Å². The maximum absolute atomic E-state index is 13.8. The second-order valence-corrected chi connectivity index (χ2v) is 7.15. The van der Waals surface area contributed by atoms with E-state index in [4.69, 9.17) is 23.2 Å². The fraction of sp³-hybridized carbons (Fsp3) is 0.111. The molecule has 0 bridgehead atoms. The number of anilines is 1. The van der Waals surface area contributed by atoms with Gasteiger partial charge in [0.1, 0.15) is 0 Å². The van der Waals surface area contributed by atoms with Gasteiger partial charge in [-0.05, 0) is 29.8 Å². The van der Waals surface area contributed by atoms with Crippen LogP contribution in [0.15, 0.2) is 47.8 Å². The molecule has 0 fully saturated rings. The van der Waals surface area contributed by atoms with E-state index >= 15 is 0 Å². The maximum atomic E-state index is 13.8. The van der Waals surface area contributed by atoms with Gasteiger partial charge in [0.15, 0.2) is 5.82 Å². The number of amides is 1. The summed E-state index contributed by atoms with van der Waals surface area (Å²) in [5, 5.41) is 5.88. The Morgan fingerprint density at radius 2 is 2.00 bits per heavy atom. The van der Waals surface area contributed by atoms with E-state index in [1.165, 1.54) is 23.5 Å². The highest BCUT2D eigenvalue weighted by molar-refractivity contribution is 7.09. The molecule has 25 heavy (non-hydrogen) atoms. The highest BCUT2D eigenvalue weighted by Gasteiger charge is 2.12. The van der Waals surface area contributed by atoms with E-state index in [0.29, 0.717) is 17.1 Å². The van der Waals surface area contributed by atoms with Crippen LogP contribution in [0.25, 0.3) is 0 Å².